The third-order valence-electron chi connectivity index (χ3n) is 6.55. The molecule has 2 aromatic rings. The molecular formula is C29H45N2O2PS. The second-order valence-corrected chi connectivity index (χ2v) is 16.2. The van der Waals surface area contributed by atoms with Crippen LogP contribution in [0.3, 0.4) is 0 Å². The number of benzene rings is 2. The number of nitrogens with zero attached hydrogens (tertiary/aromatic N) is 1. The third-order valence-corrected chi connectivity index (χ3v) is 9.83. The van der Waals surface area contributed by atoms with Gasteiger partial charge in [-0.2, -0.15) is 0 Å². The summed E-state index contributed by atoms with van der Waals surface area (Å²) in [4.78, 5) is 0. The number of morpholine rings is 1. The molecule has 0 amide bonds. The van der Waals surface area contributed by atoms with Crippen LogP contribution in [0, 0.1) is 6.92 Å². The lowest BCUT2D eigenvalue weighted by Gasteiger charge is -2.40. The van der Waals surface area contributed by atoms with Crippen molar-refractivity contribution in [3.63, 3.8) is 0 Å². The number of para-hydroxylation sites is 1. The van der Waals surface area contributed by atoms with Gasteiger partial charge in [0.15, 0.2) is 0 Å². The van der Waals surface area contributed by atoms with E-state index in [0.29, 0.717) is 13.2 Å². The first-order valence-corrected chi connectivity index (χ1v) is 15.4. The Morgan fingerprint density at radius 3 is 1.83 bits per heavy atom. The highest BCUT2D eigenvalue weighted by molar-refractivity contribution is 8.11. The Kier molecular flexibility index (Phi) is 8.19. The molecule has 2 aromatic carbocycles. The van der Waals surface area contributed by atoms with Crippen LogP contribution >= 0.6 is 6.57 Å². The minimum absolute atomic E-state index is 0.0422. The smallest absolute Gasteiger partial charge is 0.276 e. The molecule has 0 aliphatic carbocycles. The van der Waals surface area contributed by atoms with Gasteiger partial charge in [-0.3, -0.25) is 0 Å². The maximum absolute atomic E-state index is 6.79. The van der Waals surface area contributed by atoms with Crippen LogP contribution in [0.25, 0.3) is 0 Å². The second-order valence-electron chi connectivity index (χ2n) is 12.8. The van der Waals surface area contributed by atoms with Crippen LogP contribution in [-0.4, -0.2) is 31.0 Å². The molecule has 1 heterocycles. The SMILES string of the molecule is Cc1ccccc1OP(=S)(Nc1c(C(C)(C)C)cc(C(C)(C)C)cc1C(C)(C)C)N1CCOCC1. The third kappa shape index (κ3) is 6.68. The van der Waals surface area contributed by atoms with E-state index in [2.05, 4.69) is 97.2 Å². The van der Waals surface area contributed by atoms with Crippen LogP contribution in [-0.2, 0) is 32.8 Å². The van der Waals surface area contributed by atoms with Crippen LogP contribution in [0.1, 0.15) is 84.6 Å². The summed E-state index contributed by atoms with van der Waals surface area (Å²) in [5, 5.41) is 3.90. The van der Waals surface area contributed by atoms with E-state index in [9.17, 15) is 0 Å². The average Bonchev–Trinajstić information content (AvgIpc) is 2.73. The number of nitrogens with one attached hydrogen (secondary N) is 1. The summed E-state index contributed by atoms with van der Waals surface area (Å²) in [5.41, 5.74) is 6.03. The molecule has 6 heteroatoms. The van der Waals surface area contributed by atoms with Crippen molar-refractivity contribution < 1.29 is 9.26 Å². The summed E-state index contributed by atoms with van der Waals surface area (Å²) in [5.74, 6) is 0.843. The standard InChI is InChI=1S/C29H45N2O2PS/c1-21-13-11-12-14-25(21)33-34(35,31-15-17-32-18-16-31)30-26-23(28(5,6)7)19-22(27(2,3)4)20-24(26)29(8,9)10/h11-14,19-20H,15-18H2,1-10H3,(H,30,35). The fourth-order valence-electron chi connectivity index (χ4n) is 4.28. The van der Waals surface area contributed by atoms with Crippen LogP contribution in [0.5, 0.6) is 5.75 Å². The first kappa shape index (κ1) is 28.2. The van der Waals surface area contributed by atoms with Gasteiger partial charge in [-0.05, 0) is 63.3 Å². The summed E-state index contributed by atoms with van der Waals surface area (Å²) < 4.78 is 14.8. The highest BCUT2D eigenvalue weighted by Gasteiger charge is 2.36. The van der Waals surface area contributed by atoms with Crippen LogP contribution in [0.2, 0.25) is 0 Å². The molecule has 1 aliphatic heterocycles. The predicted octanol–water partition coefficient (Wildman–Crippen LogP) is 7.94. The van der Waals surface area contributed by atoms with Crippen LogP contribution in [0.4, 0.5) is 5.69 Å². The van der Waals surface area contributed by atoms with Gasteiger partial charge in [-0.15, -0.1) is 0 Å². The Morgan fingerprint density at radius 1 is 0.857 bits per heavy atom. The van der Waals surface area contributed by atoms with Crippen molar-refractivity contribution >= 4 is 24.1 Å². The number of aryl methyl sites for hydroxylation is 1. The topological polar surface area (TPSA) is 33.7 Å². The first-order valence-electron chi connectivity index (χ1n) is 12.7. The molecular weight excluding hydrogens is 471 g/mol. The van der Waals surface area contributed by atoms with E-state index in [-0.39, 0.29) is 16.2 Å². The molecule has 0 spiro atoms. The predicted molar refractivity (Wildman–Crippen MR) is 155 cm³/mol. The number of hydrogen-bond donors (Lipinski definition) is 1. The Labute approximate surface area is 219 Å². The highest BCUT2D eigenvalue weighted by Crippen LogP contribution is 2.55. The molecule has 1 unspecified atom stereocenters. The van der Waals surface area contributed by atoms with E-state index in [4.69, 9.17) is 21.1 Å². The number of ether oxygens (including phenoxy) is 1. The van der Waals surface area contributed by atoms with Gasteiger partial charge in [0.25, 0.3) is 6.57 Å². The minimum atomic E-state index is -2.68. The quantitative estimate of drug-likeness (QED) is 0.408. The Balaban J connectivity index is 2.24. The summed E-state index contributed by atoms with van der Waals surface area (Å²) >= 11 is 6.46. The Bertz CT molecular complexity index is 1050. The molecule has 0 aromatic heterocycles. The monoisotopic (exact) mass is 516 g/mol. The van der Waals surface area contributed by atoms with Gasteiger partial charge in [0, 0.05) is 18.8 Å². The van der Waals surface area contributed by atoms with Crippen LogP contribution < -0.4 is 9.61 Å². The lowest BCUT2D eigenvalue weighted by Crippen LogP contribution is -2.37. The molecule has 1 atom stereocenters. The normalized spacial score (nSPS) is 17.7. The van der Waals surface area contributed by atoms with E-state index in [0.717, 1.165) is 30.1 Å². The van der Waals surface area contributed by atoms with E-state index in [1.807, 2.05) is 18.2 Å². The van der Waals surface area contributed by atoms with Gasteiger partial charge in [0.2, 0.25) is 0 Å². The number of anilines is 1. The van der Waals surface area contributed by atoms with Crippen molar-refractivity contribution in [1.82, 2.24) is 4.67 Å². The number of rotatable bonds is 5. The summed E-state index contributed by atoms with van der Waals surface area (Å²) in [6, 6.07) is 12.9. The summed E-state index contributed by atoms with van der Waals surface area (Å²) in [6.45, 7) is 22.8. The van der Waals surface area contributed by atoms with Gasteiger partial charge in [-0.25, -0.2) is 4.67 Å². The fraction of sp³-hybridized carbons (Fsp3) is 0.586. The number of hydrogen-bond acceptors (Lipinski definition) is 3. The van der Waals surface area contributed by atoms with E-state index in [1.54, 1.807) is 0 Å². The van der Waals surface area contributed by atoms with Gasteiger partial charge in [-0.1, -0.05) is 92.6 Å². The van der Waals surface area contributed by atoms with Crippen molar-refractivity contribution in [2.24, 2.45) is 0 Å². The van der Waals surface area contributed by atoms with Gasteiger partial charge in [0.05, 0.1) is 13.2 Å². The van der Waals surface area contributed by atoms with Crippen molar-refractivity contribution in [3.05, 3.63) is 58.7 Å². The van der Waals surface area contributed by atoms with E-state index < -0.39 is 6.57 Å². The molecule has 4 nitrogen and oxygen atoms in total. The second kappa shape index (κ2) is 10.2. The zero-order valence-electron chi connectivity index (χ0n) is 23.4. The summed E-state index contributed by atoms with van der Waals surface area (Å²) in [7, 11) is 0. The minimum Gasteiger partial charge on any atom is -0.437 e. The Morgan fingerprint density at radius 2 is 1.37 bits per heavy atom. The van der Waals surface area contributed by atoms with Crippen molar-refractivity contribution in [3.8, 4) is 5.75 Å². The first-order chi connectivity index (χ1) is 16.0. The average molecular weight is 517 g/mol. The molecule has 194 valence electrons. The highest BCUT2D eigenvalue weighted by atomic mass is 32.5. The molecule has 0 saturated carbocycles. The molecule has 1 N–H and O–H groups in total. The van der Waals surface area contributed by atoms with Crippen LogP contribution in [0.15, 0.2) is 36.4 Å². The van der Waals surface area contributed by atoms with E-state index in [1.165, 1.54) is 16.7 Å². The van der Waals surface area contributed by atoms with Crippen molar-refractivity contribution in [2.45, 2.75) is 85.5 Å². The zero-order chi connectivity index (χ0) is 26.2. The molecule has 1 fully saturated rings. The van der Waals surface area contributed by atoms with Gasteiger partial charge in [0.1, 0.15) is 5.75 Å². The zero-order valence-corrected chi connectivity index (χ0v) is 25.1. The van der Waals surface area contributed by atoms with Crippen molar-refractivity contribution in [1.29, 1.82) is 0 Å². The van der Waals surface area contributed by atoms with Gasteiger partial charge < -0.3 is 14.3 Å². The maximum Gasteiger partial charge on any atom is 0.276 e. The molecule has 3 rings (SSSR count). The molecule has 1 saturated heterocycles. The molecule has 1 aliphatic rings. The van der Waals surface area contributed by atoms with Crippen molar-refractivity contribution in [2.75, 3.05) is 31.4 Å². The lowest BCUT2D eigenvalue weighted by atomic mass is 9.74. The summed E-state index contributed by atoms with van der Waals surface area (Å²) in [6.07, 6.45) is 0. The fourth-order valence-corrected chi connectivity index (χ4v) is 7.27. The molecule has 35 heavy (non-hydrogen) atoms. The van der Waals surface area contributed by atoms with E-state index >= 15 is 0 Å². The lowest BCUT2D eigenvalue weighted by molar-refractivity contribution is 0.0721. The molecule has 0 bridgehead atoms. The largest absolute Gasteiger partial charge is 0.437 e. The van der Waals surface area contributed by atoms with Gasteiger partial charge >= 0.3 is 0 Å². The maximum atomic E-state index is 6.79. The molecule has 0 radical (unpaired) electrons. The Hall–Kier alpha value is -1.39.